The van der Waals surface area contributed by atoms with Gasteiger partial charge in [0.05, 0.1) is 12.1 Å². The SMILES string of the molecule is CC1=C(C(=O)N2CCN(C)CC2)Cn2nc(-c3ccccc3)nc2N1. The Hall–Kier alpha value is -2.67. The molecule has 0 bridgehead atoms. The van der Waals surface area contributed by atoms with E-state index in [1.807, 2.05) is 42.2 Å². The molecule has 2 aliphatic rings. The summed E-state index contributed by atoms with van der Waals surface area (Å²) in [6.45, 7) is 5.76. The van der Waals surface area contributed by atoms with Gasteiger partial charge < -0.3 is 15.1 Å². The molecule has 1 N–H and O–H groups in total. The van der Waals surface area contributed by atoms with E-state index >= 15 is 0 Å². The number of piperazine rings is 1. The van der Waals surface area contributed by atoms with Gasteiger partial charge in [0.25, 0.3) is 5.91 Å². The highest BCUT2D eigenvalue weighted by atomic mass is 16.2. The summed E-state index contributed by atoms with van der Waals surface area (Å²) in [5.41, 5.74) is 2.60. The molecule has 0 atom stereocenters. The molecule has 0 aliphatic carbocycles. The molecule has 1 aromatic carbocycles. The van der Waals surface area contributed by atoms with Crippen molar-refractivity contribution in [1.29, 1.82) is 0 Å². The van der Waals surface area contributed by atoms with Gasteiger partial charge in [-0.05, 0) is 14.0 Å². The standard InChI is InChI=1S/C18H22N6O/c1-13-15(17(25)23-10-8-22(2)9-11-23)12-24-18(19-13)20-16(21-24)14-6-4-3-5-7-14/h3-7H,8-12H2,1-2H3,(H,19,20,21). The molecule has 1 saturated heterocycles. The third kappa shape index (κ3) is 3.02. The van der Waals surface area contributed by atoms with E-state index in [-0.39, 0.29) is 5.91 Å². The number of hydrogen-bond acceptors (Lipinski definition) is 5. The highest BCUT2D eigenvalue weighted by Gasteiger charge is 2.28. The zero-order valence-electron chi connectivity index (χ0n) is 14.6. The minimum absolute atomic E-state index is 0.0977. The number of anilines is 1. The Morgan fingerprint density at radius 3 is 2.56 bits per heavy atom. The van der Waals surface area contributed by atoms with Crippen LogP contribution in [0.2, 0.25) is 0 Å². The van der Waals surface area contributed by atoms with Crippen LogP contribution in [0.15, 0.2) is 41.6 Å². The van der Waals surface area contributed by atoms with E-state index in [1.165, 1.54) is 0 Å². The first-order chi connectivity index (χ1) is 12.1. The highest BCUT2D eigenvalue weighted by Crippen LogP contribution is 2.25. The number of hydrogen-bond donors (Lipinski definition) is 1. The molecule has 130 valence electrons. The normalized spacial score (nSPS) is 18.1. The number of fused-ring (bicyclic) bond motifs is 1. The second kappa shape index (κ2) is 6.33. The van der Waals surface area contributed by atoms with Gasteiger partial charge in [-0.1, -0.05) is 30.3 Å². The number of nitrogens with zero attached hydrogens (tertiary/aromatic N) is 5. The zero-order chi connectivity index (χ0) is 17.4. The Bertz CT molecular complexity index is 817. The van der Waals surface area contributed by atoms with Gasteiger partial charge in [-0.25, -0.2) is 4.68 Å². The van der Waals surface area contributed by atoms with Crippen molar-refractivity contribution < 1.29 is 4.79 Å². The number of allylic oxidation sites excluding steroid dienone is 1. The minimum atomic E-state index is 0.0977. The first kappa shape index (κ1) is 15.8. The van der Waals surface area contributed by atoms with Crippen LogP contribution in [0, 0.1) is 0 Å². The van der Waals surface area contributed by atoms with E-state index in [1.54, 1.807) is 4.68 Å². The number of amides is 1. The maximum Gasteiger partial charge on any atom is 0.253 e. The summed E-state index contributed by atoms with van der Waals surface area (Å²) in [6, 6.07) is 9.87. The number of nitrogens with one attached hydrogen (secondary N) is 1. The van der Waals surface area contributed by atoms with Crippen LogP contribution in [0.25, 0.3) is 11.4 Å². The zero-order valence-corrected chi connectivity index (χ0v) is 14.6. The smallest absolute Gasteiger partial charge is 0.253 e. The molecule has 1 amide bonds. The molecule has 25 heavy (non-hydrogen) atoms. The van der Waals surface area contributed by atoms with Gasteiger partial charge in [-0.2, -0.15) is 4.98 Å². The van der Waals surface area contributed by atoms with Gasteiger partial charge in [0, 0.05) is 37.4 Å². The third-order valence-corrected chi connectivity index (χ3v) is 4.81. The van der Waals surface area contributed by atoms with Crippen molar-refractivity contribution >= 4 is 11.9 Å². The maximum atomic E-state index is 12.9. The second-order valence-corrected chi connectivity index (χ2v) is 6.61. The van der Waals surface area contributed by atoms with E-state index in [0.717, 1.165) is 43.0 Å². The molecule has 0 saturated carbocycles. The topological polar surface area (TPSA) is 66.3 Å². The number of carbonyl (C=O) groups is 1. The second-order valence-electron chi connectivity index (χ2n) is 6.61. The molecule has 0 spiro atoms. The molecule has 0 unspecified atom stereocenters. The van der Waals surface area contributed by atoms with Crippen molar-refractivity contribution in [2.45, 2.75) is 13.5 Å². The molecule has 2 aliphatic heterocycles. The van der Waals surface area contributed by atoms with Crippen LogP contribution < -0.4 is 5.32 Å². The molecule has 1 aromatic heterocycles. The average Bonchev–Trinajstić information content (AvgIpc) is 3.04. The van der Waals surface area contributed by atoms with Crippen molar-refractivity contribution in [1.82, 2.24) is 24.6 Å². The van der Waals surface area contributed by atoms with E-state index < -0.39 is 0 Å². The van der Waals surface area contributed by atoms with Crippen LogP contribution in [0.5, 0.6) is 0 Å². The summed E-state index contributed by atoms with van der Waals surface area (Å²) >= 11 is 0. The molecule has 7 nitrogen and oxygen atoms in total. The summed E-state index contributed by atoms with van der Waals surface area (Å²) in [7, 11) is 2.08. The van der Waals surface area contributed by atoms with E-state index in [2.05, 4.69) is 27.3 Å². The summed E-state index contributed by atoms with van der Waals surface area (Å²) in [5.74, 6) is 1.45. The number of likely N-dealkylation sites (N-methyl/N-ethyl adjacent to an activating group) is 1. The Labute approximate surface area is 146 Å². The first-order valence-electron chi connectivity index (χ1n) is 8.56. The number of rotatable bonds is 2. The van der Waals surface area contributed by atoms with Crippen LogP contribution in [0.4, 0.5) is 5.95 Å². The fraction of sp³-hybridized carbons (Fsp3) is 0.389. The van der Waals surface area contributed by atoms with Gasteiger partial charge in [0.2, 0.25) is 5.95 Å². The molecular formula is C18H22N6O. The number of aromatic nitrogens is 3. The van der Waals surface area contributed by atoms with Gasteiger partial charge in [0.15, 0.2) is 5.82 Å². The quantitative estimate of drug-likeness (QED) is 0.897. The van der Waals surface area contributed by atoms with Crippen LogP contribution in [0.3, 0.4) is 0 Å². The van der Waals surface area contributed by atoms with Crippen molar-refractivity contribution in [2.75, 3.05) is 38.5 Å². The Balaban J connectivity index is 1.55. The number of carbonyl (C=O) groups excluding carboxylic acids is 1. The molecule has 7 heteroatoms. The Morgan fingerprint density at radius 1 is 1.12 bits per heavy atom. The summed E-state index contributed by atoms with van der Waals surface area (Å²) in [5, 5.41) is 7.82. The monoisotopic (exact) mass is 338 g/mol. The minimum Gasteiger partial charge on any atom is -0.336 e. The molecule has 3 heterocycles. The summed E-state index contributed by atoms with van der Waals surface area (Å²) in [6.07, 6.45) is 0. The van der Waals surface area contributed by atoms with E-state index in [0.29, 0.717) is 18.3 Å². The van der Waals surface area contributed by atoms with Crippen LogP contribution in [-0.4, -0.2) is 63.7 Å². The third-order valence-electron chi connectivity index (χ3n) is 4.81. The fourth-order valence-electron chi connectivity index (χ4n) is 3.19. The first-order valence-corrected chi connectivity index (χ1v) is 8.56. The lowest BCUT2D eigenvalue weighted by molar-refractivity contribution is -0.129. The lowest BCUT2D eigenvalue weighted by Crippen LogP contribution is -2.48. The predicted molar refractivity (Wildman–Crippen MR) is 95.9 cm³/mol. The highest BCUT2D eigenvalue weighted by molar-refractivity contribution is 5.95. The van der Waals surface area contributed by atoms with Crippen LogP contribution >= 0.6 is 0 Å². The molecule has 2 aromatic rings. The van der Waals surface area contributed by atoms with Crippen LogP contribution in [-0.2, 0) is 11.3 Å². The maximum absolute atomic E-state index is 12.9. The van der Waals surface area contributed by atoms with Crippen molar-refractivity contribution in [3.63, 3.8) is 0 Å². The van der Waals surface area contributed by atoms with Crippen molar-refractivity contribution in [3.8, 4) is 11.4 Å². The largest absolute Gasteiger partial charge is 0.336 e. The van der Waals surface area contributed by atoms with Crippen molar-refractivity contribution in [2.24, 2.45) is 0 Å². The average molecular weight is 338 g/mol. The van der Waals surface area contributed by atoms with Gasteiger partial charge in [-0.15, -0.1) is 5.10 Å². The van der Waals surface area contributed by atoms with E-state index in [9.17, 15) is 4.79 Å². The van der Waals surface area contributed by atoms with Gasteiger partial charge in [0.1, 0.15) is 0 Å². The summed E-state index contributed by atoms with van der Waals surface area (Å²) < 4.78 is 1.78. The summed E-state index contributed by atoms with van der Waals surface area (Å²) in [4.78, 5) is 21.6. The molecular weight excluding hydrogens is 316 g/mol. The fourth-order valence-corrected chi connectivity index (χ4v) is 3.19. The van der Waals surface area contributed by atoms with Gasteiger partial charge >= 0.3 is 0 Å². The lowest BCUT2D eigenvalue weighted by atomic mass is 10.1. The molecule has 1 fully saturated rings. The number of benzene rings is 1. The Morgan fingerprint density at radius 2 is 1.84 bits per heavy atom. The Kier molecular flexibility index (Phi) is 4.01. The van der Waals surface area contributed by atoms with Crippen LogP contribution in [0.1, 0.15) is 6.92 Å². The van der Waals surface area contributed by atoms with Gasteiger partial charge in [-0.3, -0.25) is 4.79 Å². The van der Waals surface area contributed by atoms with Crippen molar-refractivity contribution in [3.05, 3.63) is 41.6 Å². The molecule has 4 rings (SSSR count). The van der Waals surface area contributed by atoms with E-state index in [4.69, 9.17) is 0 Å². The lowest BCUT2D eigenvalue weighted by Gasteiger charge is -2.34. The molecule has 0 radical (unpaired) electrons. The predicted octanol–water partition coefficient (Wildman–Crippen LogP) is 1.42.